The van der Waals surface area contributed by atoms with E-state index in [1.165, 1.54) is 6.26 Å². The first-order valence-electron chi connectivity index (χ1n) is 13.4. The third kappa shape index (κ3) is 4.21. The van der Waals surface area contributed by atoms with Crippen molar-refractivity contribution in [1.29, 1.82) is 5.26 Å². The molecule has 0 aliphatic carbocycles. The van der Waals surface area contributed by atoms with Crippen LogP contribution in [0.25, 0.3) is 0 Å². The highest BCUT2D eigenvalue weighted by molar-refractivity contribution is 5.56. The number of anilines is 1. The standard InChI is InChI=1S/C33H32N2O5/c1-31(2)39-30-27(38-29(32(30,3)40-31)25-20-36-26(19-34)28(25)35)21-37-33(22-13-7-4-8-14-22,23-15-9-5-10-16-23)24-17-11-6-12-18-24/h4-18,20,27,29-30H,21,35H2,1-3H3/t27?,29-,30+,32-/m0/s1. The average molecular weight is 537 g/mol. The summed E-state index contributed by atoms with van der Waals surface area (Å²) in [4.78, 5) is 0. The quantitative estimate of drug-likeness (QED) is 0.285. The fraction of sp³-hybridized carbons (Fsp3) is 0.303. The van der Waals surface area contributed by atoms with Crippen LogP contribution >= 0.6 is 0 Å². The number of furan rings is 1. The van der Waals surface area contributed by atoms with Crippen molar-refractivity contribution in [3.63, 3.8) is 0 Å². The minimum Gasteiger partial charge on any atom is -0.451 e. The van der Waals surface area contributed by atoms with Crippen LogP contribution in [0.2, 0.25) is 0 Å². The van der Waals surface area contributed by atoms with Crippen molar-refractivity contribution in [2.24, 2.45) is 0 Å². The molecule has 2 N–H and O–H groups in total. The van der Waals surface area contributed by atoms with Crippen molar-refractivity contribution in [3.05, 3.63) is 125 Å². The zero-order valence-electron chi connectivity index (χ0n) is 22.7. The smallest absolute Gasteiger partial charge is 0.226 e. The lowest BCUT2D eigenvalue weighted by molar-refractivity contribution is -0.210. The molecule has 7 heteroatoms. The maximum atomic E-state index is 9.42. The van der Waals surface area contributed by atoms with E-state index in [9.17, 15) is 5.26 Å². The highest BCUT2D eigenvalue weighted by atomic mass is 16.8. The van der Waals surface area contributed by atoms with Gasteiger partial charge < -0.3 is 29.1 Å². The lowest BCUT2D eigenvalue weighted by Crippen LogP contribution is -2.42. The third-order valence-corrected chi connectivity index (χ3v) is 7.86. The first-order valence-corrected chi connectivity index (χ1v) is 13.4. The van der Waals surface area contributed by atoms with Crippen molar-refractivity contribution < 1.29 is 23.4 Å². The Kier molecular flexibility index (Phi) is 6.52. The van der Waals surface area contributed by atoms with E-state index >= 15 is 0 Å². The van der Waals surface area contributed by atoms with Gasteiger partial charge in [-0.3, -0.25) is 0 Å². The molecule has 0 bridgehead atoms. The van der Waals surface area contributed by atoms with Crippen LogP contribution in [0.15, 0.2) is 102 Å². The van der Waals surface area contributed by atoms with E-state index in [0.717, 1.165) is 16.7 Å². The van der Waals surface area contributed by atoms with Crippen LogP contribution < -0.4 is 5.73 Å². The summed E-state index contributed by atoms with van der Waals surface area (Å²) in [5.41, 5.74) is 8.27. The topological polar surface area (TPSA) is 99.9 Å². The van der Waals surface area contributed by atoms with Gasteiger partial charge in [0, 0.05) is 5.56 Å². The molecule has 3 heterocycles. The number of nitrogens with zero attached hydrogens (tertiary/aromatic N) is 1. The Balaban J connectivity index is 1.42. The highest BCUT2D eigenvalue weighted by Gasteiger charge is 2.64. The summed E-state index contributed by atoms with van der Waals surface area (Å²) in [6, 6.07) is 32.6. The van der Waals surface area contributed by atoms with Gasteiger partial charge in [-0.1, -0.05) is 91.0 Å². The molecular formula is C33H32N2O5. The molecule has 1 aromatic heterocycles. The minimum absolute atomic E-state index is 0.0490. The molecule has 0 spiro atoms. The second-order valence-electron chi connectivity index (χ2n) is 10.9. The molecule has 0 amide bonds. The number of fused-ring (bicyclic) bond motifs is 1. The van der Waals surface area contributed by atoms with Gasteiger partial charge in [0.25, 0.3) is 0 Å². The van der Waals surface area contributed by atoms with Gasteiger partial charge in [-0.15, -0.1) is 0 Å². The second kappa shape index (κ2) is 9.92. The zero-order valence-corrected chi connectivity index (χ0v) is 22.7. The van der Waals surface area contributed by atoms with Gasteiger partial charge in [-0.05, 0) is 37.5 Å². The van der Waals surface area contributed by atoms with Gasteiger partial charge >= 0.3 is 0 Å². The number of nitrogens with two attached hydrogens (primary N) is 1. The predicted molar refractivity (Wildman–Crippen MR) is 149 cm³/mol. The fourth-order valence-electron chi connectivity index (χ4n) is 6.22. The number of hydrogen-bond donors (Lipinski definition) is 1. The molecule has 204 valence electrons. The largest absolute Gasteiger partial charge is 0.451 e. The van der Waals surface area contributed by atoms with Gasteiger partial charge in [0.2, 0.25) is 5.76 Å². The van der Waals surface area contributed by atoms with Crippen molar-refractivity contribution in [1.82, 2.24) is 0 Å². The van der Waals surface area contributed by atoms with E-state index in [4.69, 9.17) is 29.1 Å². The molecule has 4 aromatic rings. The van der Waals surface area contributed by atoms with Gasteiger partial charge in [0.05, 0.1) is 12.3 Å². The molecule has 3 aromatic carbocycles. The van der Waals surface area contributed by atoms with Crippen LogP contribution in [0, 0.1) is 11.3 Å². The molecule has 1 unspecified atom stereocenters. The maximum Gasteiger partial charge on any atom is 0.226 e. The third-order valence-electron chi connectivity index (χ3n) is 7.86. The normalized spacial score (nSPS) is 25.4. The van der Waals surface area contributed by atoms with Gasteiger partial charge in [-0.25, -0.2) is 0 Å². The first kappa shape index (κ1) is 26.3. The van der Waals surface area contributed by atoms with Gasteiger partial charge in [0.15, 0.2) is 5.79 Å². The summed E-state index contributed by atoms with van der Waals surface area (Å²) in [5, 5.41) is 9.42. The molecule has 2 aliphatic heterocycles. The van der Waals surface area contributed by atoms with Gasteiger partial charge in [-0.2, -0.15) is 5.26 Å². The molecule has 40 heavy (non-hydrogen) atoms. The second-order valence-corrected chi connectivity index (χ2v) is 10.9. The molecule has 6 rings (SSSR count). The summed E-state index contributed by atoms with van der Waals surface area (Å²) >= 11 is 0. The fourth-order valence-corrected chi connectivity index (χ4v) is 6.22. The van der Waals surface area contributed by atoms with Crippen LogP contribution in [0.1, 0.15) is 54.9 Å². The number of benzene rings is 3. The Morgan fingerprint density at radius 2 is 1.40 bits per heavy atom. The molecule has 0 radical (unpaired) electrons. The monoisotopic (exact) mass is 536 g/mol. The zero-order chi connectivity index (χ0) is 28.0. The number of nitrogen functional groups attached to an aromatic ring is 1. The van der Waals surface area contributed by atoms with Crippen LogP contribution in [-0.4, -0.2) is 30.2 Å². The molecule has 4 atom stereocenters. The Morgan fingerprint density at radius 1 is 0.875 bits per heavy atom. The van der Waals surface area contributed by atoms with Crippen LogP contribution in [0.4, 0.5) is 5.69 Å². The van der Waals surface area contributed by atoms with Crippen molar-refractivity contribution in [2.75, 3.05) is 12.3 Å². The van der Waals surface area contributed by atoms with E-state index in [-0.39, 0.29) is 18.1 Å². The van der Waals surface area contributed by atoms with Crippen LogP contribution in [0.5, 0.6) is 0 Å². The summed E-state index contributed by atoms with van der Waals surface area (Å²) < 4.78 is 32.0. The van der Waals surface area contributed by atoms with Gasteiger partial charge in [0.1, 0.15) is 41.8 Å². The lowest BCUT2D eigenvalue weighted by atomic mass is 9.80. The number of rotatable bonds is 7. The summed E-state index contributed by atoms with van der Waals surface area (Å²) in [6.45, 7) is 5.91. The molecule has 7 nitrogen and oxygen atoms in total. The molecule has 2 fully saturated rings. The Hall–Kier alpha value is -3.93. The van der Waals surface area contributed by atoms with Crippen LogP contribution in [-0.2, 0) is 24.5 Å². The Labute approximate surface area is 234 Å². The summed E-state index contributed by atoms with van der Waals surface area (Å²) in [6.07, 6.45) is -0.126. The number of hydrogen-bond acceptors (Lipinski definition) is 7. The first-order chi connectivity index (χ1) is 19.3. The SMILES string of the molecule is CC1(C)O[C@@H]2C(COC(c3ccccc3)(c3ccccc3)c3ccccc3)O[C@@H](c3coc(C#N)c3N)[C@]2(C)O1. The Bertz CT molecular complexity index is 1420. The predicted octanol–water partition coefficient (Wildman–Crippen LogP) is 6.09. The minimum atomic E-state index is -0.917. The maximum absolute atomic E-state index is 9.42. The number of nitriles is 1. The summed E-state index contributed by atoms with van der Waals surface area (Å²) in [7, 11) is 0. The Morgan fingerprint density at radius 3 is 1.88 bits per heavy atom. The van der Waals surface area contributed by atoms with Crippen molar-refractivity contribution in [3.8, 4) is 6.07 Å². The number of ether oxygens (including phenoxy) is 4. The van der Waals surface area contributed by atoms with Crippen molar-refractivity contribution >= 4 is 5.69 Å². The van der Waals surface area contributed by atoms with E-state index in [2.05, 4.69) is 36.4 Å². The van der Waals surface area contributed by atoms with Crippen molar-refractivity contribution in [2.45, 2.75) is 56.1 Å². The lowest BCUT2D eigenvalue weighted by Gasteiger charge is -2.37. The van der Waals surface area contributed by atoms with Crippen LogP contribution in [0.3, 0.4) is 0 Å². The average Bonchev–Trinajstić information content (AvgIpc) is 3.55. The highest BCUT2D eigenvalue weighted by Crippen LogP contribution is 2.54. The van der Waals surface area contributed by atoms with E-state index in [1.54, 1.807) is 0 Å². The summed E-state index contributed by atoms with van der Waals surface area (Å²) in [5.74, 6) is -0.807. The van der Waals surface area contributed by atoms with E-state index in [0.29, 0.717) is 5.56 Å². The van der Waals surface area contributed by atoms with E-state index in [1.807, 2.05) is 81.4 Å². The molecule has 2 aliphatic rings. The van der Waals surface area contributed by atoms with E-state index < -0.39 is 35.3 Å². The molecular weight excluding hydrogens is 504 g/mol. The molecule has 0 saturated carbocycles. The molecule has 2 saturated heterocycles.